The number of aromatic carboxylic acids is 1. The fourth-order valence-electron chi connectivity index (χ4n) is 2.11. The Labute approximate surface area is 112 Å². The molecule has 0 aliphatic heterocycles. The number of rotatable bonds is 4. The summed E-state index contributed by atoms with van der Waals surface area (Å²) >= 11 is 0. The molecule has 2 rings (SSSR count). The van der Waals surface area contributed by atoms with Crippen molar-refractivity contribution in [3.8, 4) is 0 Å². The van der Waals surface area contributed by atoms with Crippen LogP contribution in [0.5, 0.6) is 0 Å². The normalized spacial score (nSPS) is 10.9. The van der Waals surface area contributed by atoms with E-state index >= 15 is 0 Å². The van der Waals surface area contributed by atoms with E-state index in [-0.39, 0.29) is 5.92 Å². The molecule has 4 nitrogen and oxygen atoms in total. The molecule has 1 heterocycles. The van der Waals surface area contributed by atoms with E-state index in [1.165, 1.54) is 5.56 Å². The largest absolute Gasteiger partial charge is 0.478 e. The van der Waals surface area contributed by atoms with Crippen molar-refractivity contribution in [2.45, 2.75) is 33.2 Å². The SMILES string of the molecule is Cc1cccc(Cn2cc(C(=O)O)c(C(C)C)n2)c1. The van der Waals surface area contributed by atoms with Crippen LogP contribution in [0.15, 0.2) is 30.5 Å². The average Bonchev–Trinajstić information content (AvgIpc) is 2.73. The molecule has 0 radical (unpaired) electrons. The molecule has 0 aliphatic carbocycles. The van der Waals surface area contributed by atoms with Gasteiger partial charge in [-0.2, -0.15) is 5.10 Å². The molecule has 0 aliphatic rings. The van der Waals surface area contributed by atoms with Gasteiger partial charge in [-0.05, 0) is 18.4 Å². The van der Waals surface area contributed by atoms with E-state index < -0.39 is 5.97 Å². The molecule has 0 unspecified atom stereocenters. The predicted octanol–water partition coefficient (Wildman–Crippen LogP) is 3.06. The van der Waals surface area contributed by atoms with Crippen molar-refractivity contribution in [3.63, 3.8) is 0 Å². The standard InChI is InChI=1S/C15H18N2O2/c1-10(2)14-13(15(18)19)9-17(16-14)8-12-6-4-5-11(3)7-12/h4-7,9-10H,8H2,1-3H3,(H,18,19). The Morgan fingerprint density at radius 1 is 1.42 bits per heavy atom. The number of hydrogen-bond donors (Lipinski definition) is 1. The Kier molecular flexibility index (Phi) is 3.69. The van der Waals surface area contributed by atoms with Crippen molar-refractivity contribution in [1.82, 2.24) is 9.78 Å². The number of nitrogens with zero attached hydrogens (tertiary/aromatic N) is 2. The van der Waals surface area contributed by atoms with Crippen LogP contribution in [0.4, 0.5) is 0 Å². The van der Waals surface area contributed by atoms with Crippen molar-refractivity contribution in [2.75, 3.05) is 0 Å². The minimum absolute atomic E-state index is 0.102. The number of carbonyl (C=O) groups is 1. The molecular weight excluding hydrogens is 240 g/mol. The summed E-state index contributed by atoms with van der Waals surface area (Å²) in [6.45, 7) is 6.53. The van der Waals surface area contributed by atoms with Gasteiger partial charge < -0.3 is 5.11 Å². The van der Waals surface area contributed by atoms with Crippen molar-refractivity contribution < 1.29 is 9.90 Å². The zero-order valence-electron chi connectivity index (χ0n) is 11.4. The Bertz CT molecular complexity index is 600. The number of aromatic nitrogens is 2. The number of hydrogen-bond acceptors (Lipinski definition) is 2. The van der Waals surface area contributed by atoms with Gasteiger partial charge in [0.2, 0.25) is 0 Å². The van der Waals surface area contributed by atoms with E-state index in [1.54, 1.807) is 10.9 Å². The van der Waals surface area contributed by atoms with Gasteiger partial charge in [-0.15, -0.1) is 0 Å². The molecule has 0 spiro atoms. The highest BCUT2D eigenvalue weighted by Crippen LogP contribution is 2.18. The van der Waals surface area contributed by atoms with Crippen molar-refractivity contribution in [3.05, 3.63) is 52.8 Å². The summed E-state index contributed by atoms with van der Waals surface area (Å²) in [5, 5.41) is 13.6. The first-order valence-electron chi connectivity index (χ1n) is 6.33. The third-order valence-electron chi connectivity index (χ3n) is 2.99. The van der Waals surface area contributed by atoms with E-state index in [1.807, 2.05) is 39.0 Å². The molecule has 1 N–H and O–H groups in total. The number of benzene rings is 1. The third kappa shape index (κ3) is 3.02. The van der Waals surface area contributed by atoms with Gasteiger partial charge in [-0.3, -0.25) is 4.68 Å². The van der Waals surface area contributed by atoms with Gasteiger partial charge in [0.25, 0.3) is 0 Å². The minimum atomic E-state index is -0.917. The van der Waals surface area contributed by atoms with Crippen LogP contribution in [-0.4, -0.2) is 20.9 Å². The van der Waals surface area contributed by atoms with Crippen molar-refractivity contribution in [2.24, 2.45) is 0 Å². The molecule has 0 amide bonds. The number of carboxylic acids is 1. The summed E-state index contributed by atoms with van der Waals surface area (Å²) < 4.78 is 1.70. The number of aryl methyl sites for hydroxylation is 1. The highest BCUT2D eigenvalue weighted by molar-refractivity contribution is 5.88. The van der Waals surface area contributed by atoms with Gasteiger partial charge in [-0.25, -0.2) is 4.79 Å². The lowest BCUT2D eigenvalue weighted by atomic mass is 10.1. The number of carboxylic acid groups (broad SMARTS) is 1. The fraction of sp³-hybridized carbons (Fsp3) is 0.333. The summed E-state index contributed by atoms with van der Waals surface area (Å²) in [4.78, 5) is 11.2. The lowest BCUT2D eigenvalue weighted by Crippen LogP contribution is -2.02. The quantitative estimate of drug-likeness (QED) is 0.917. The molecule has 0 bridgehead atoms. The smallest absolute Gasteiger partial charge is 0.339 e. The van der Waals surface area contributed by atoms with E-state index in [0.717, 1.165) is 5.56 Å². The first-order chi connectivity index (χ1) is 8.97. The Balaban J connectivity index is 2.31. The molecule has 0 atom stereocenters. The highest BCUT2D eigenvalue weighted by Gasteiger charge is 2.17. The van der Waals surface area contributed by atoms with Gasteiger partial charge in [0.1, 0.15) is 5.56 Å². The van der Waals surface area contributed by atoms with Gasteiger partial charge in [-0.1, -0.05) is 43.7 Å². The van der Waals surface area contributed by atoms with E-state index in [9.17, 15) is 9.90 Å². The third-order valence-corrected chi connectivity index (χ3v) is 2.99. The maximum atomic E-state index is 11.2. The summed E-state index contributed by atoms with van der Waals surface area (Å²) in [6, 6.07) is 8.13. The van der Waals surface area contributed by atoms with Gasteiger partial charge in [0.15, 0.2) is 0 Å². The second kappa shape index (κ2) is 5.26. The summed E-state index contributed by atoms with van der Waals surface area (Å²) in [7, 11) is 0. The molecule has 0 saturated heterocycles. The van der Waals surface area contributed by atoms with Crippen LogP contribution < -0.4 is 0 Å². The minimum Gasteiger partial charge on any atom is -0.478 e. The van der Waals surface area contributed by atoms with Crippen LogP contribution in [0, 0.1) is 6.92 Å². The molecule has 0 saturated carbocycles. The van der Waals surface area contributed by atoms with Crippen LogP contribution in [0.1, 0.15) is 46.9 Å². The summed E-state index contributed by atoms with van der Waals surface area (Å²) in [6.07, 6.45) is 1.61. The molecule has 1 aromatic heterocycles. The Hall–Kier alpha value is -2.10. The van der Waals surface area contributed by atoms with Crippen molar-refractivity contribution >= 4 is 5.97 Å². The second-order valence-corrected chi connectivity index (χ2v) is 5.07. The zero-order chi connectivity index (χ0) is 14.0. The molecule has 0 fully saturated rings. The second-order valence-electron chi connectivity index (χ2n) is 5.07. The van der Waals surface area contributed by atoms with Crippen molar-refractivity contribution in [1.29, 1.82) is 0 Å². The van der Waals surface area contributed by atoms with Crippen LogP contribution in [0.3, 0.4) is 0 Å². The van der Waals surface area contributed by atoms with E-state index in [2.05, 4.69) is 11.2 Å². The van der Waals surface area contributed by atoms with E-state index in [4.69, 9.17) is 0 Å². The van der Waals surface area contributed by atoms with Gasteiger partial charge >= 0.3 is 5.97 Å². The van der Waals surface area contributed by atoms with Crippen LogP contribution in [0.25, 0.3) is 0 Å². The molecule has 19 heavy (non-hydrogen) atoms. The molecule has 1 aromatic carbocycles. The Morgan fingerprint density at radius 3 is 2.68 bits per heavy atom. The topological polar surface area (TPSA) is 55.1 Å². The maximum Gasteiger partial charge on any atom is 0.339 e. The first kappa shape index (κ1) is 13.3. The highest BCUT2D eigenvalue weighted by atomic mass is 16.4. The monoisotopic (exact) mass is 258 g/mol. The summed E-state index contributed by atoms with van der Waals surface area (Å²) in [5.41, 5.74) is 3.24. The molecule has 4 heteroatoms. The maximum absolute atomic E-state index is 11.2. The Morgan fingerprint density at radius 2 is 2.16 bits per heavy atom. The lowest BCUT2D eigenvalue weighted by Gasteiger charge is -2.03. The van der Waals surface area contributed by atoms with Crippen LogP contribution in [-0.2, 0) is 6.54 Å². The predicted molar refractivity (Wildman–Crippen MR) is 73.6 cm³/mol. The van der Waals surface area contributed by atoms with Crippen LogP contribution >= 0.6 is 0 Å². The summed E-state index contributed by atoms with van der Waals surface area (Å²) in [5.74, 6) is -0.816. The first-order valence-corrected chi connectivity index (χ1v) is 6.33. The molecular formula is C15H18N2O2. The van der Waals surface area contributed by atoms with E-state index in [0.29, 0.717) is 17.8 Å². The lowest BCUT2D eigenvalue weighted by molar-refractivity contribution is 0.0695. The van der Waals surface area contributed by atoms with Gasteiger partial charge in [0, 0.05) is 6.20 Å². The molecule has 2 aromatic rings. The average molecular weight is 258 g/mol. The van der Waals surface area contributed by atoms with Crippen LogP contribution in [0.2, 0.25) is 0 Å². The molecule has 100 valence electrons. The zero-order valence-corrected chi connectivity index (χ0v) is 11.4. The fourth-order valence-corrected chi connectivity index (χ4v) is 2.11. The van der Waals surface area contributed by atoms with Gasteiger partial charge in [0.05, 0.1) is 12.2 Å².